The highest BCUT2D eigenvalue weighted by atomic mass is 19.1. The maximum absolute atomic E-state index is 13.6. The van der Waals surface area contributed by atoms with Gasteiger partial charge in [0, 0.05) is 12.0 Å². The lowest BCUT2D eigenvalue weighted by molar-refractivity contribution is -0.142. The molecular weight excluding hydrogens is 244 g/mol. The van der Waals surface area contributed by atoms with Crippen molar-refractivity contribution < 1.29 is 18.7 Å². The Morgan fingerprint density at radius 1 is 1.50 bits per heavy atom. The molecule has 0 aliphatic heterocycles. The summed E-state index contributed by atoms with van der Waals surface area (Å²) in [6.45, 7) is 1.63. The van der Waals surface area contributed by atoms with Crippen molar-refractivity contribution in [3.63, 3.8) is 0 Å². The summed E-state index contributed by atoms with van der Waals surface area (Å²) in [4.78, 5) is 14.4. The number of nitrogens with zero attached hydrogens (tertiary/aromatic N) is 1. The molecule has 0 aliphatic rings. The Morgan fingerprint density at radius 2 is 2.06 bits per heavy atom. The number of hydrogen-bond donors (Lipinski definition) is 3. The third kappa shape index (κ3) is 5.72. The van der Waals surface area contributed by atoms with Crippen LogP contribution >= 0.6 is 0 Å². The van der Waals surface area contributed by atoms with Crippen LogP contribution in [0.4, 0.5) is 8.78 Å². The van der Waals surface area contributed by atoms with Gasteiger partial charge in [0.1, 0.15) is 18.0 Å². The summed E-state index contributed by atoms with van der Waals surface area (Å²) >= 11 is 0. The number of halogens is 2. The number of nitrogens with two attached hydrogens (primary N) is 2. The molecule has 0 saturated carbocycles. The average molecular weight is 263 g/mol. The number of aliphatic imine (C=N–C) groups is 1. The third-order valence-electron chi connectivity index (χ3n) is 2.42. The van der Waals surface area contributed by atoms with E-state index in [0.717, 1.165) is 0 Å². The Labute approximate surface area is 105 Å². The van der Waals surface area contributed by atoms with Gasteiger partial charge in [0.15, 0.2) is 0 Å². The number of aliphatic carboxylic acids is 1. The summed E-state index contributed by atoms with van der Waals surface area (Å²) in [5.41, 5.74) is 9.03. The standard InChI is InChI=1S/C11H19F2N3O2/c1-7(14)16-6-8(5-12)9(13)3-4-11(2,15)10(17)18/h3-6,15H2,1-2H3,(H2,14,16)(H,17,18)/t11-/m0/s1. The second-order valence-corrected chi connectivity index (χ2v) is 4.32. The van der Waals surface area contributed by atoms with Gasteiger partial charge in [-0.3, -0.25) is 9.79 Å². The molecule has 0 radical (unpaired) electrons. The fourth-order valence-corrected chi connectivity index (χ4v) is 1.07. The van der Waals surface area contributed by atoms with Crippen molar-refractivity contribution in [1.29, 1.82) is 0 Å². The number of allylic oxidation sites excluding steroid dienone is 1. The molecule has 0 amide bonds. The van der Waals surface area contributed by atoms with Crippen LogP contribution < -0.4 is 11.5 Å². The van der Waals surface area contributed by atoms with Crippen LogP contribution in [-0.2, 0) is 4.79 Å². The van der Waals surface area contributed by atoms with Crippen molar-refractivity contribution in [2.45, 2.75) is 32.2 Å². The molecule has 0 aromatic rings. The van der Waals surface area contributed by atoms with Gasteiger partial charge in [0.05, 0.1) is 12.4 Å². The molecule has 0 heterocycles. The topological polar surface area (TPSA) is 102 Å². The van der Waals surface area contributed by atoms with E-state index >= 15 is 0 Å². The van der Waals surface area contributed by atoms with E-state index in [-0.39, 0.29) is 30.8 Å². The Kier molecular flexibility index (Phi) is 6.46. The minimum Gasteiger partial charge on any atom is -0.480 e. The normalized spacial score (nSPS) is 17.1. The highest BCUT2D eigenvalue weighted by molar-refractivity contribution is 5.78. The summed E-state index contributed by atoms with van der Waals surface area (Å²) in [6.07, 6.45) is -0.360. The molecule has 0 saturated heterocycles. The first kappa shape index (κ1) is 16.5. The first-order valence-electron chi connectivity index (χ1n) is 5.42. The molecule has 104 valence electrons. The van der Waals surface area contributed by atoms with Crippen LogP contribution in [0.1, 0.15) is 26.7 Å². The molecule has 0 unspecified atom stereocenters. The smallest absolute Gasteiger partial charge is 0.323 e. The van der Waals surface area contributed by atoms with E-state index in [0.29, 0.717) is 0 Å². The van der Waals surface area contributed by atoms with Gasteiger partial charge >= 0.3 is 5.97 Å². The molecule has 5 nitrogen and oxygen atoms in total. The number of hydrogen-bond acceptors (Lipinski definition) is 3. The highest BCUT2D eigenvalue weighted by Crippen LogP contribution is 2.19. The number of carboxylic acid groups (broad SMARTS) is 1. The predicted octanol–water partition coefficient (Wildman–Crippen LogP) is 1.14. The van der Waals surface area contributed by atoms with Crippen LogP contribution in [0, 0.1) is 0 Å². The lowest BCUT2D eigenvalue weighted by atomic mass is 9.96. The van der Waals surface area contributed by atoms with Gasteiger partial charge in [-0.2, -0.15) is 0 Å². The van der Waals surface area contributed by atoms with Crippen molar-refractivity contribution in [3.8, 4) is 0 Å². The molecule has 0 bridgehead atoms. The summed E-state index contributed by atoms with van der Waals surface area (Å²) in [5, 5.41) is 8.75. The molecule has 0 fully saturated rings. The van der Waals surface area contributed by atoms with Crippen LogP contribution in [0.2, 0.25) is 0 Å². The zero-order valence-electron chi connectivity index (χ0n) is 10.5. The molecule has 7 heteroatoms. The minimum absolute atomic E-state index is 0.122. The van der Waals surface area contributed by atoms with Crippen LogP contribution in [0.5, 0.6) is 0 Å². The predicted molar refractivity (Wildman–Crippen MR) is 65.7 cm³/mol. The molecule has 0 aliphatic carbocycles. The van der Waals surface area contributed by atoms with Gasteiger partial charge < -0.3 is 16.6 Å². The summed E-state index contributed by atoms with van der Waals surface area (Å²) in [5.74, 6) is -1.73. The Hall–Kier alpha value is -1.50. The molecule has 5 N–H and O–H groups in total. The highest BCUT2D eigenvalue weighted by Gasteiger charge is 2.28. The first-order valence-corrected chi connectivity index (χ1v) is 5.42. The Morgan fingerprint density at radius 3 is 2.44 bits per heavy atom. The second kappa shape index (κ2) is 7.05. The van der Waals surface area contributed by atoms with Gasteiger partial charge in [-0.05, 0) is 20.3 Å². The molecule has 0 spiro atoms. The minimum atomic E-state index is -1.54. The molecule has 0 rings (SSSR count). The van der Waals surface area contributed by atoms with Gasteiger partial charge in [-0.15, -0.1) is 0 Å². The SMILES string of the molecule is CC(N)=NCC(CF)=C(F)CC[C@](C)(N)C(=O)O. The van der Waals surface area contributed by atoms with Gasteiger partial charge in [0.2, 0.25) is 0 Å². The van der Waals surface area contributed by atoms with Crippen molar-refractivity contribution >= 4 is 11.8 Å². The van der Waals surface area contributed by atoms with Crippen molar-refractivity contribution in [2.24, 2.45) is 16.5 Å². The number of alkyl halides is 1. The summed E-state index contributed by atoms with van der Waals surface area (Å²) in [6, 6.07) is 0. The van der Waals surface area contributed by atoms with Crippen LogP contribution in [-0.4, -0.2) is 35.7 Å². The zero-order chi connectivity index (χ0) is 14.3. The summed E-state index contributed by atoms with van der Waals surface area (Å²) < 4.78 is 26.2. The van der Waals surface area contributed by atoms with E-state index in [1.807, 2.05) is 0 Å². The van der Waals surface area contributed by atoms with E-state index in [9.17, 15) is 13.6 Å². The van der Waals surface area contributed by atoms with Crippen LogP contribution in [0.25, 0.3) is 0 Å². The summed E-state index contributed by atoms with van der Waals surface area (Å²) in [7, 11) is 0. The van der Waals surface area contributed by atoms with Crippen LogP contribution in [0.3, 0.4) is 0 Å². The van der Waals surface area contributed by atoms with E-state index in [1.54, 1.807) is 0 Å². The van der Waals surface area contributed by atoms with Gasteiger partial charge in [0.25, 0.3) is 0 Å². The fraction of sp³-hybridized carbons (Fsp3) is 0.636. The third-order valence-corrected chi connectivity index (χ3v) is 2.42. The van der Waals surface area contributed by atoms with Crippen molar-refractivity contribution in [1.82, 2.24) is 0 Å². The molecule has 1 atom stereocenters. The number of carboxylic acids is 1. The van der Waals surface area contributed by atoms with E-state index in [2.05, 4.69) is 4.99 Å². The average Bonchev–Trinajstić information content (AvgIpc) is 2.26. The van der Waals surface area contributed by atoms with E-state index in [4.69, 9.17) is 16.6 Å². The number of rotatable bonds is 7. The Balaban J connectivity index is 4.64. The molecular formula is C11H19F2N3O2. The Bertz CT molecular complexity index is 361. The van der Waals surface area contributed by atoms with E-state index < -0.39 is 24.0 Å². The van der Waals surface area contributed by atoms with Gasteiger partial charge in [-0.25, -0.2) is 8.78 Å². The van der Waals surface area contributed by atoms with E-state index in [1.165, 1.54) is 13.8 Å². The van der Waals surface area contributed by atoms with Crippen molar-refractivity contribution in [2.75, 3.05) is 13.2 Å². The zero-order valence-corrected chi connectivity index (χ0v) is 10.5. The monoisotopic (exact) mass is 263 g/mol. The fourth-order valence-electron chi connectivity index (χ4n) is 1.07. The number of carbonyl (C=O) groups is 1. The largest absolute Gasteiger partial charge is 0.480 e. The second-order valence-electron chi connectivity index (χ2n) is 4.32. The lowest BCUT2D eigenvalue weighted by Crippen LogP contribution is -2.44. The molecule has 18 heavy (non-hydrogen) atoms. The maximum Gasteiger partial charge on any atom is 0.323 e. The molecule has 0 aromatic carbocycles. The molecule has 0 aromatic heterocycles. The van der Waals surface area contributed by atoms with Crippen LogP contribution in [0.15, 0.2) is 16.4 Å². The maximum atomic E-state index is 13.6. The van der Waals surface area contributed by atoms with Gasteiger partial charge in [-0.1, -0.05) is 0 Å². The lowest BCUT2D eigenvalue weighted by Gasteiger charge is -2.18. The first-order chi connectivity index (χ1) is 8.20. The quantitative estimate of drug-likeness (QED) is 0.473. The van der Waals surface area contributed by atoms with Crippen molar-refractivity contribution in [3.05, 3.63) is 11.4 Å². The number of amidine groups is 1.